The summed E-state index contributed by atoms with van der Waals surface area (Å²) in [5, 5.41) is 0. The molecule has 0 amide bonds. The zero-order valence-corrected chi connectivity index (χ0v) is 10.3. The van der Waals surface area contributed by atoms with E-state index in [2.05, 4.69) is 11.0 Å². The van der Waals surface area contributed by atoms with E-state index in [1.807, 2.05) is 12.1 Å². The standard InChI is InChI=1S/C13H18N2O3/c14-18-8-11-3-1-2-6-15(11)10-4-5-12-13(7-10)17-9-16-12/h4-5,7,11H,1-3,6,8-9,14H2. The van der Waals surface area contributed by atoms with E-state index in [1.165, 1.54) is 12.8 Å². The van der Waals surface area contributed by atoms with Gasteiger partial charge in [0, 0.05) is 18.3 Å². The van der Waals surface area contributed by atoms with Crippen LogP contribution < -0.4 is 20.3 Å². The van der Waals surface area contributed by atoms with Crippen molar-refractivity contribution in [2.75, 3.05) is 24.8 Å². The molecule has 0 bridgehead atoms. The Labute approximate surface area is 106 Å². The van der Waals surface area contributed by atoms with Gasteiger partial charge in [0.2, 0.25) is 6.79 Å². The number of nitrogens with zero attached hydrogens (tertiary/aromatic N) is 1. The predicted octanol–water partition coefficient (Wildman–Crippen LogP) is 1.66. The zero-order valence-electron chi connectivity index (χ0n) is 10.3. The third-order valence-corrected chi connectivity index (χ3v) is 3.60. The highest BCUT2D eigenvalue weighted by atomic mass is 16.7. The maximum Gasteiger partial charge on any atom is 0.231 e. The molecule has 0 aliphatic carbocycles. The minimum atomic E-state index is 0.314. The molecule has 2 aliphatic heterocycles. The Kier molecular flexibility index (Phi) is 3.25. The molecule has 1 unspecified atom stereocenters. The van der Waals surface area contributed by atoms with E-state index in [0.29, 0.717) is 19.4 Å². The molecule has 1 atom stereocenters. The summed E-state index contributed by atoms with van der Waals surface area (Å²) in [5.41, 5.74) is 1.15. The molecule has 1 aromatic carbocycles. The first-order valence-corrected chi connectivity index (χ1v) is 6.36. The third kappa shape index (κ3) is 2.11. The van der Waals surface area contributed by atoms with Crippen LogP contribution in [0.4, 0.5) is 5.69 Å². The van der Waals surface area contributed by atoms with Crippen molar-refractivity contribution in [3.05, 3.63) is 18.2 Å². The molecule has 98 valence electrons. The lowest BCUT2D eigenvalue weighted by Gasteiger charge is -2.37. The van der Waals surface area contributed by atoms with Crippen molar-refractivity contribution in [1.29, 1.82) is 0 Å². The molecule has 5 nitrogen and oxygen atoms in total. The van der Waals surface area contributed by atoms with Crippen LogP contribution in [0, 0.1) is 0 Å². The number of ether oxygens (including phenoxy) is 2. The largest absolute Gasteiger partial charge is 0.454 e. The Morgan fingerprint density at radius 1 is 1.28 bits per heavy atom. The smallest absolute Gasteiger partial charge is 0.231 e. The van der Waals surface area contributed by atoms with Crippen LogP contribution in [-0.4, -0.2) is 26.0 Å². The highest BCUT2D eigenvalue weighted by Crippen LogP contribution is 2.37. The number of piperidine rings is 1. The minimum Gasteiger partial charge on any atom is -0.454 e. The Bertz CT molecular complexity index is 423. The molecule has 1 saturated heterocycles. The van der Waals surface area contributed by atoms with Crippen LogP contribution >= 0.6 is 0 Å². The average Bonchev–Trinajstić information content (AvgIpc) is 2.87. The van der Waals surface area contributed by atoms with Crippen LogP contribution in [0.5, 0.6) is 11.5 Å². The molecule has 2 heterocycles. The highest BCUT2D eigenvalue weighted by Gasteiger charge is 2.24. The number of hydrogen-bond acceptors (Lipinski definition) is 5. The molecule has 3 rings (SSSR count). The first-order chi connectivity index (χ1) is 8.88. The van der Waals surface area contributed by atoms with E-state index in [1.54, 1.807) is 0 Å². The van der Waals surface area contributed by atoms with Gasteiger partial charge in [0.25, 0.3) is 0 Å². The summed E-state index contributed by atoms with van der Waals surface area (Å²) in [5.74, 6) is 6.86. The Balaban J connectivity index is 1.83. The number of benzene rings is 1. The van der Waals surface area contributed by atoms with Crippen LogP contribution in [0.2, 0.25) is 0 Å². The van der Waals surface area contributed by atoms with Gasteiger partial charge in [-0.2, -0.15) is 0 Å². The second-order valence-corrected chi connectivity index (χ2v) is 4.71. The van der Waals surface area contributed by atoms with Gasteiger partial charge in [-0.15, -0.1) is 0 Å². The highest BCUT2D eigenvalue weighted by molar-refractivity contribution is 5.57. The lowest BCUT2D eigenvalue weighted by molar-refractivity contribution is 0.114. The van der Waals surface area contributed by atoms with Crippen molar-refractivity contribution >= 4 is 5.69 Å². The van der Waals surface area contributed by atoms with E-state index in [-0.39, 0.29) is 0 Å². The predicted molar refractivity (Wildman–Crippen MR) is 67.7 cm³/mol. The molecular weight excluding hydrogens is 232 g/mol. The SMILES string of the molecule is NOCC1CCCCN1c1ccc2c(c1)OCO2. The Hall–Kier alpha value is -1.46. The molecule has 18 heavy (non-hydrogen) atoms. The number of rotatable bonds is 3. The summed E-state index contributed by atoms with van der Waals surface area (Å²) in [7, 11) is 0. The molecule has 1 aromatic rings. The number of nitrogens with two attached hydrogens (primary N) is 1. The molecule has 0 saturated carbocycles. The van der Waals surface area contributed by atoms with Gasteiger partial charge in [0.1, 0.15) is 0 Å². The molecule has 0 radical (unpaired) electrons. The monoisotopic (exact) mass is 250 g/mol. The van der Waals surface area contributed by atoms with Crippen molar-refractivity contribution in [3.63, 3.8) is 0 Å². The summed E-state index contributed by atoms with van der Waals surface area (Å²) in [4.78, 5) is 7.17. The fourth-order valence-corrected chi connectivity index (χ4v) is 2.69. The van der Waals surface area contributed by atoms with Crippen molar-refractivity contribution in [2.24, 2.45) is 5.90 Å². The first-order valence-electron chi connectivity index (χ1n) is 6.36. The second-order valence-electron chi connectivity index (χ2n) is 4.71. The summed E-state index contributed by atoms with van der Waals surface area (Å²) >= 11 is 0. The topological polar surface area (TPSA) is 57.0 Å². The molecule has 2 aliphatic rings. The fraction of sp³-hybridized carbons (Fsp3) is 0.538. The van der Waals surface area contributed by atoms with E-state index in [4.69, 9.17) is 20.2 Å². The van der Waals surface area contributed by atoms with E-state index in [0.717, 1.165) is 30.2 Å². The van der Waals surface area contributed by atoms with E-state index < -0.39 is 0 Å². The van der Waals surface area contributed by atoms with Crippen LogP contribution in [-0.2, 0) is 4.84 Å². The fourth-order valence-electron chi connectivity index (χ4n) is 2.69. The van der Waals surface area contributed by atoms with Crippen molar-refractivity contribution in [1.82, 2.24) is 0 Å². The zero-order chi connectivity index (χ0) is 12.4. The number of fused-ring (bicyclic) bond motifs is 1. The van der Waals surface area contributed by atoms with Gasteiger partial charge in [-0.25, -0.2) is 5.90 Å². The van der Waals surface area contributed by atoms with Crippen LogP contribution in [0.1, 0.15) is 19.3 Å². The van der Waals surface area contributed by atoms with Gasteiger partial charge < -0.3 is 19.2 Å². The molecule has 5 heteroatoms. The third-order valence-electron chi connectivity index (χ3n) is 3.60. The lowest BCUT2D eigenvalue weighted by Crippen LogP contribution is -2.43. The summed E-state index contributed by atoms with van der Waals surface area (Å²) < 4.78 is 10.7. The molecule has 0 aromatic heterocycles. The van der Waals surface area contributed by atoms with Crippen LogP contribution in [0.3, 0.4) is 0 Å². The average molecular weight is 250 g/mol. The number of anilines is 1. The normalized spacial score (nSPS) is 22.3. The Morgan fingerprint density at radius 2 is 2.17 bits per heavy atom. The van der Waals surface area contributed by atoms with Crippen molar-refractivity contribution < 1.29 is 14.3 Å². The van der Waals surface area contributed by atoms with Crippen molar-refractivity contribution in [3.8, 4) is 11.5 Å². The Morgan fingerprint density at radius 3 is 3.06 bits per heavy atom. The number of hydrogen-bond donors (Lipinski definition) is 1. The van der Waals surface area contributed by atoms with Gasteiger partial charge in [-0.1, -0.05) is 0 Å². The van der Waals surface area contributed by atoms with Crippen molar-refractivity contribution in [2.45, 2.75) is 25.3 Å². The minimum absolute atomic E-state index is 0.314. The van der Waals surface area contributed by atoms with Gasteiger partial charge in [0.05, 0.1) is 12.6 Å². The lowest BCUT2D eigenvalue weighted by atomic mass is 10.0. The quantitative estimate of drug-likeness (QED) is 0.827. The summed E-state index contributed by atoms with van der Waals surface area (Å²) in [6.45, 7) is 1.91. The molecular formula is C13H18N2O3. The molecule has 1 fully saturated rings. The molecule has 2 N–H and O–H groups in total. The van der Waals surface area contributed by atoms with E-state index >= 15 is 0 Å². The summed E-state index contributed by atoms with van der Waals surface area (Å²) in [6, 6.07) is 6.43. The van der Waals surface area contributed by atoms with Gasteiger partial charge in [-0.05, 0) is 31.4 Å². The first kappa shape index (κ1) is 11.6. The second kappa shape index (κ2) is 5.04. The van der Waals surface area contributed by atoms with Crippen LogP contribution in [0.25, 0.3) is 0 Å². The summed E-state index contributed by atoms with van der Waals surface area (Å²) in [6.07, 6.45) is 3.55. The maximum atomic E-state index is 5.42. The van der Waals surface area contributed by atoms with Crippen LogP contribution in [0.15, 0.2) is 18.2 Å². The van der Waals surface area contributed by atoms with Gasteiger partial charge in [0.15, 0.2) is 11.5 Å². The van der Waals surface area contributed by atoms with Gasteiger partial charge >= 0.3 is 0 Å². The van der Waals surface area contributed by atoms with Gasteiger partial charge in [-0.3, -0.25) is 0 Å². The molecule has 0 spiro atoms. The maximum absolute atomic E-state index is 5.42. The van der Waals surface area contributed by atoms with E-state index in [9.17, 15) is 0 Å².